The zero-order chi connectivity index (χ0) is 30.5. The number of hydrogen-bond donors (Lipinski definition) is 2. The van der Waals surface area contributed by atoms with Gasteiger partial charge in [-0.05, 0) is 53.3 Å². The summed E-state index contributed by atoms with van der Waals surface area (Å²) in [5.74, 6) is -1.56. The first-order valence-corrected chi connectivity index (χ1v) is 15.1. The number of piperazine rings is 1. The number of fused-ring (bicyclic) bond motifs is 1. The van der Waals surface area contributed by atoms with E-state index in [1.54, 1.807) is 21.9 Å². The van der Waals surface area contributed by atoms with E-state index in [-0.39, 0.29) is 55.0 Å². The predicted octanol–water partition coefficient (Wildman–Crippen LogP) is 3.76. The first kappa shape index (κ1) is 30.2. The summed E-state index contributed by atoms with van der Waals surface area (Å²) in [4.78, 5) is 56.9. The number of benzene rings is 3. The molecule has 8 nitrogen and oxygen atoms in total. The maximum atomic E-state index is 14.1. The molecular weight excluding hydrogens is 547 g/mol. The van der Waals surface area contributed by atoms with Crippen molar-refractivity contribution in [1.82, 2.24) is 20.4 Å². The Labute approximate surface area is 251 Å². The van der Waals surface area contributed by atoms with E-state index in [9.17, 15) is 23.6 Å². The minimum absolute atomic E-state index is 0.140. The second kappa shape index (κ2) is 13.4. The maximum absolute atomic E-state index is 14.1. The molecule has 0 spiro atoms. The van der Waals surface area contributed by atoms with E-state index in [1.807, 2.05) is 43.3 Å². The van der Waals surface area contributed by atoms with Crippen molar-refractivity contribution in [3.63, 3.8) is 0 Å². The Balaban J connectivity index is 1.39. The number of amides is 4. The molecule has 3 aromatic carbocycles. The molecular formula is C34H39FN4O4. The lowest BCUT2D eigenvalue weighted by molar-refractivity contribution is -0.157. The SMILES string of the molecule is CCC[C@@H]1C(=O)N(C(Cc2ccc3ccccc3c2)C(=O)NC2CC2)CCN1C(=O)C(Cc1ccc(F)cc1)NC(C)=O. The standard InChI is InChI=1S/C34H39FN4O4/c1-3-6-30-34(43)39(18-17-38(30)33(42)29(36-22(2)40)20-23-10-13-27(35)14-11-23)31(32(41)37-28-15-16-28)21-24-9-12-25-7-4-5-8-26(25)19-24/h4-5,7-14,19,28-31H,3,6,15-18,20-21H2,1-2H3,(H,36,40)(H,37,41)/t29?,30-,31?/m1/s1. The topological polar surface area (TPSA) is 98.8 Å². The molecule has 0 aromatic heterocycles. The minimum atomic E-state index is -0.909. The Bertz CT molecular complexity index is 1490. The molecule has 1 heterocycles. The van der Waals surface area contributed by atoms with E-state index in [4.69, 9.17) is 0 Å². The molecule has 1 saturated carbocycles. The fraction of sp³-hybridized carbons (Fsp3) is 0.412. The highest BCUT2D eigenvalue weighted by Gasteiger charge is 2.43. The molecule has 9 heteroatoms. The third-order valence-electron chi connectivity index (χ3n) is 8.25. The zero-order valence-electron chi connectivity index (χ0n) is 24.7. The summed E-state index contributed by atoms with van der Waals surface area (Å²) >= 11 is 0. The summed E-state index contributed by atoms with van der Waals surface area (Å²) in [6.07, 6.45) is 3.47. The number of rotatable bonds is 11. The number of nitrogens with zero attached hydrogens (tertiary/aromatic N) is 2. The predicted molar refractivity (Wildman–Crippen MR) is 162 cm³/mol. The van der Waals surface area contributed by atoms with Gasteiger partial charge in [0.2, 0.25) is 23.6 Å². The van der Waals surface area contributed by atoms with Crippen molar-refractivity contribution in [2.45, 2.75) is 76.5 Å². The van der Waals surface area contributed by atoms with Crippen molar-refractivity contribution in [3.05, 3.63) is 83.7 Å². The van der Waals surface area contributed by atoms with Crippen molar-refractivity contribution in [3.8, 4) is 0 Å². The average molecular weight is 587 g/mol. The summed E-state index contributed by atoms with van der Waals surface area (Å²) in [6, 6.07) is 17.7. The molecule has 1 aliphatic heterocycles. The van der Waals surface area contributed by atoms with E-state index >= 15 is 0 Å². The molecule has 1 aliphatic carbocycles. The maximum Gasteiger partial charge on any atom is 0.246 e. The van der Waals surface area contributed by atoms with Crippen LogP contribution < -0.4 is 10.6 Å². The Kier molecular flexibility index (Phi) is 9.38. The van der Waals surface area contributed by atoms with Crippen LogP contribution in [0, 0.1) is 5.82 Å². The number of hydrogen-bond acceptors (Lipinski definition) is 4. The third kappa shape index (κ3) is 7.39. The van der Waals surface area contributed by atoms with Crippen LogP contribution in [-0.4, -0.2) is 70.7 Å². The van der Waals surface area contributed by atoms with Gasteiger partial charge in [0.05, 0.1) is 0 Å². The Hall–Kier alpha value is -4.27. The van der Waals surface area contributed by atoms with Crippen LogP contribution in [0.25, 0.3) is 10.8 Å². The van der Waals surface area contributed by atoms with Gasteiger partial charge in [-0.15, -0.1) is 0 Å². The van der Waals surface area contributed by atoms with Gasteiger partial charge in [0.25, 0.3) is 0 Å². The highest BCUT2D eigenvalue weighted by Crippen LogP contribution is 2.25. The smallest absolute Gasteiger partial charge is 0.246 e. The van der Waals surface area contributed by atoms with Gasteiger partial charge < -0.3 is 20.4 Å². The summed E-state index contributed by atoms with van der Waals surface area (Å²) < 4.78 is 13.5. The van der Waals surface area contributed by atoms with Crippen molar-refractivity contribution in [2.24, 2.45) is 0 Å². The number of halogens is 1. The molecule has 2 fully saturated rings. The lowest BCUT2D eigenvalue weighted by atomic mass is 9.96. The zero-order valence-corrected chi connectivity index (χ0v) is 24.7. The molecule has 5 rings (SSSR count). The fourth-order valence-electron chi connectivity index (χ4n) is 5.89. The normalized spacial score (nSPS) is 18.3. The molecule has 1 saturated heterocycles. The molecule has 4 amide bonds. The van der Waals surface area contributed by atoms with Crippen LogP contribution in [0.1, 0.15) is 50.7 Å². The van der Waals surface area contributed by atoms with Crippen molar-refractivity contribution in [1.29, 1.82) is 0 Å². The summed E-state index contributed by atoms with van der Waals surface area (Å²) in [5.41, 5.74) is 1.65. The molecule has 226 valence electrons. The van der Waals surface area contributed by atoms with Crippen LogP contribution in [0.3, 0.4) is 0 Å². The monoisotopic (exact) mass is 586 g/mol. The van der Waals surface area contributed by atoms with Gasteiger partial charge in [-0.3, -0.25) is 19.2 Å². The molecule has 43 heavy (non-hydrogen) atoms. The number of carbonyl (C=O) groups is 4. The molecule has 0 radical (unpaired) electrons. The fourth-order valence-corrected chi connectivity index (χ4v) is 5.89. The number of carbonyl (C=O) groups excluding carboxylic acids is 4. The Morgan fingerprint density at radius 1 is 0.930 bits per heavy atom. The summed E-state index contributed by atoms with van der Waals surface area (Å²) in [6.45, 7) is 3.72. The molecule has 3 aromatic rings. The summed E-state index contributed by atoms with van der Waals surface area (Å²) in [5, 5.41) is 8.00. The quantitative estimate of drug-likeness (QED) is 0.358. The molecule has 2 N–H and O–H groups in total. The van der Waals surface area contributed by atoms with Gasteiger partial charge in [-0.1, -0.05) is 67.9 Å². The first-order valence-electron chi connectivity index (χ1n) is 15.1. The van der Waals surface area contributed by atoms with E-state index < -0.39 is 18.1 Å². The van der Waals surface area contributed by atoms with E-state index in [1.165, 1.54) is 19.1 Å². The summed E-state index contributed by atoms with van der Waals surface area (Å²) in [7, 11) is 0. The molecule has 3 atom stereocenters. The Morgan fingerprint density at radius 3 is 2.30 bits per heavy atom. The van der Waals surface area contributed by atoms with Gasteiger partial charge >= 0.3 is 0 Å². The largest absolute Gasteiger partial charge is 0.352 e. The highest BCUT2D eigenvalue weighted by molar-refractivity contribution is 5.95. The van der Waals surface area contributed by atoms with Crippen LogP contribution >= 0.6 is 0 Å². The van der Waals surface area contributed by atoms with Crippen molar-refractivity contribution in [2.75, 3.05) is 13.1 Å². The molecule has 0 bridgehead atoms. The van der Waals surface area contributed by atoms with E-state index in [2.05, 4.69) is 16.7 Å². The van der Waals surface area contributed by atoms with Crippen LogP contribution in [0.2, 0.25) is 0 Å². The second-order valence-electron chi connectivity index (χ2n) is 11.6. The number of nitrogens with one attached hydrogen (secondary N) is 2. The van der Waals surface area contributed by atoms with Gasteiger partial charge in [0.1, 0.15) is 23.9 Å². The highest BCUT2D eigenvalue weighted by atomic mass is 19.1. The van der Waals surface area contributed by atoms with Crippen molar-refractivity contribution < 1.29 is 23.6 Å². The van der Waals surface area contributed by atoms with E-state index in [0.717, 1.165) is 29.2 Å². The van der Waals surface area contributed by atoms with Crippen LogP contribution in [-0.2, 0) is 32.0 Å². The lowest BCUT2D eigenvalue weighted by Gasteiger charge is -2.44. The minimum Gasteiger partial charge on any atom is -0.352 e. The van der Waals surface area contributed by atoms with E-state index in [0.29, 0.717) is 24.8 Å². The average Bonchev–Trinajstić information content (AvgIpc) is 3.81. The molecule has 2 unspecified atom stereocenters. The van der Waals surface area contributed by atoms with Crippen LogP contribution in [0.15, 0.2) is 66.7 Å². The van der Waals surface area contributed by atoms with Gasteiger partial charge in [0, 0.05) is 38.9 Å². The second-order valence-corrected chi connectivity index (χ2v) is 11.6. The van der Waals surface area contributed by atoms with Gasteiger partial charge in [0.15, 0.2) is 0 Å². The van der Waals surface area contributed by atoms with Gasteiger partial charge in [-0.2, -0.15) is 0 Å². The third-order valence-corrected chi connectivity index (χ3v) is 8.25. The Morgan fingerprint density at radius 2 is 1.63 bits per heavy atom. The molecule has 2 aliphatic rings. The van der Waals surface area contributed by atoms with Gasteiger partial charge in [-0.25, -0.2) is 4.39 Å². The lowest BCUT2D eigenvalue weighted by Crippen LogP contribution is -2.65. The van der Waals surface area contributed by atoms with Crippen LogP contribution in [0.4, 0.5) is 4.39 Å². The van der Waals surface area contributed by atoms with Crippen LogP contribution in [0.5, 0.6) is 0 Å². The van der Waals surface area contributed by atoms with Crippen molar-refractivity contribution >= 4 is 34.4 Å². The first-order chi connectivity index (χ1) is 20.7.